The zero-order valence-corrected chi connectivity index (χ0v) is 11.1. The Balaban J connectivity index is 0.00000256. The maximum atomic E-state index is 11.0. The molecule has 2 N–H and O–H groups in total. The van der Waals surface area contributed by atoms with Crippen LogP contribution in [0.25, 0.3) is 0 Å². The number of piperidine rings is 1. The first kappa shape index (κ1) is 16.7. The van der Waals surface area contributed by atoms with E-state index in [0.29, 0.717) is 0 Å². The first-order chi connectivity index (χ1) is 7.75. The van der Waals surface area contributed by atoms with E-state index in [1.165, 1.54) is 0 Å². The van der Waals surface area contributed by atoms with Gasteiger partial charge in [-0.25, -0.2) is 0 Å². The van der Waals surface area contributed by atoms with E-state index in [0.717, 1.165) is 58.0 Å². The highest BCUT2D eigenvalue weighted by Gasteiger charge is 2.27. The fourth-order valence-electron chi connectivity index (χ4n) is 2.32. The van der Waals surface area contributed by atoms with Crippen LogP contribution in [0.15, 0.2) is 0 Å². The molecule has 4 nitrogen and oxygen atoms in total. The monoisotopic (exact) mass is 265 g/mol. The molecule has 0 radical (unpaired) electrons. The molecule has 17 heavy (non-hydrogen) atoms. The first-order valence-corrected chi connectivity index (χ1v) is 6.33. The van der Waals surface area contributed by atoms with E-state index in [9.17, 15) is 4.79 Å². The normalized spacial score (nSPS) is 20.9. The van der Waals surface area contributed by atoms with Gasteiger partial charge in [0.15, 0.2) is 0 Å². The Labute approximate surface area is 109 Å². The number of aliphatic hydroxyl groups excluding tert-OH is 1. The van der Waals surface area contributed by atoms with Gasteiger partial charge in [0, 0.05) is 6.61 Å². The molecule has 1 saturated heterocycles. The molecule has 0 amide bonds. The second kappa shape index (κ2) is 9.68. The Kier molecular flexibility index (Phi) is 9.50. The minimum absolute atomic E-state index is 0. The average molecular weight is 266 g/mol. The van der Waals surface area contributed by atoms with Crippen LogP contribution in [-0.4, -0.2) is 46.8 Å². The lowest BCUT2D eigenvalue weighted by Crippen LogP contribution is -2.44. The molecule has 0 saturated carbocycles. The molecule has 1 heterocycles. The van der Waals surface area contributed by atoms with Crippen LogP contribution in [0.1, 0.15) is 44.9 Å². The molecule has 5 heteroatoms. The van der Waals surface area contributed by atoms with Crippen LogP contribution in [0.3, 0.4) is 0 Å². The number of hydrogen-bond acceptors (Lipinski definition) is 3. The van der Waals surface area contributed by atoms with Gasteiger partial charge in [-0.05, 0) is 38.8 Å². The number of halogens is 1. The van der Waals surface area contributed by atoms with Gasteiger partial charge in [-0.1, -0.05) is 19.3 Å². The Hall–Kier alpha value is -0.320. The SMILES string of the molecule is Cl.O=C(O)C1CCCCN1CCCCCCO. The molecule has 0 aromatic rings. The summed E-state index contributed by atoms with van der Waals surface area (Å²) >= 11 is 0. The largest absolute Gasteiger partial charge is 0.480 e. The van der Waals surface area contributed by atoms with Gasteiger partial charge in [0.2, 0.25) is 0 Å². The summed E-state index contributed by atoms with van der Waals surface area (Å²) in [7, 11) is 0. The quantitative estimate of drug-likeness (QED) is 0.691. The van der Waals surface area contributed by atoms with E-state index in [2.05, 4.69) is 4.90 Å². The second-order valence-corrected chi connectivity index (χ2v) is 4.52. The summed E-state index contributed by atoms with van der Waals surface area (Å²) in [6.45, 7) is 2.08. The highest BCUT2D eigenvalue weighted by Crippen LogP contribution is 2.18. The van der Waals surface area contributed by atoms with Crippen molar-refractivity contribution < 1.29 is 15.0 Å². The van der Waals surface area contributed by atoms with Gasteiger partial charge in [-0.2, -0.15) is 0 Å². The van der Waals surface area contributed by atoms with E-state index in [1.807, 2.05) is 0 Å². The topological polar surface area (TPSA) is 60.8 Å². The number of carboxylic acid groups (broad SMARTS) is 1. The van der Waals surface area contributed by atoms with Gasteiger partial charge < -0.3 is 10.2 Å². The molecule has 0 aliphatic carbocycles. The third-order valence-electron chi connectivity index (χ3n) is 3.25. The molecular weight excluding hydrogens is 242 g/mol. The van der Waals surface area contributed by atoms with E-state index >= 15 is 0 Å². The Morgan fingerprint density at radius 1 is 1.18 bits per heavy atom. The molecule has 1 atom stereocenters. The van der Waals surface area contributed by atoms with Gasteiger partial charge in [-0.3, -0.25) is 9.69 Å². The summed E-state index contributed by atoms with van der Waals surface area (Å²) in [5.74, 6) is -0.671. The highest BCUT2D eigenvalue weighted by molar-refractivity contribution is 5.85. The fourth-order valence-corrected chi connectivity index (χ4v) is 2.32. The number of carbonyl (C=O) groups is 1. The van der Waals surface area contributed by atoms with Crippen molar-refractivity contribution in [1.29, 1.82) is 0 Å². The highest BCUT2D eigenvalue weighted by atomic mass is 35.5. The summed E-state index contributed by atoms with van der Waals surface area (Å²) in [4.78, 5) is 13.1. The second-order valence-electron chi connectivity index (χ2n) is 4.52. The van der Waals surface area contributed by atoms with Crippen molar-refractivity contribution in [3.05, 3.63) is 0 Å². The number of unbranched alkanes of at least 4 members (excludes halogenated alkanes) is 3. The number of carboxylic acids is 1. The third kappa shape index (κ3) is 6.24. The van der Waals surface area contributed by atoms with Crippen LogP contribution in [-0.2, 0) is 4.79 Å². The number of likely N-dealkylation sites (tertiary alicyclic amines) is 1. The standard InChI is InChI=1S/C12H23NO3.ClH/c14-10-6-2-1-4-8-13-9-5-3-7-11(13)12(15)16;/h11,14H,1-10H2,(H,15,16);1H. The van der Waals surface area contributed by atoms with Crippen molar-refractivity contribution in [1.82, 2.24) is 4.90 Å². The predicted molar refractivity (Wildman–Crippen MR) is 69.6 cm³/mol. The number of hydrogen-bond donors (Lipinski definition) is 2. The van der Waals surface area contributed by atoms with Crippen LogP contribution in [0, 0.1) is 0 Å². The van der Waals surface area contributed by atoms with Gasteiger partial charge in [0.05, 0.1) is 0 Å². The van der Waals surface area contributed by atoms with Crippen molar-refractivity contribution >= 4 is 18.4 Å². The molecule has 1 unspecified atom stereocenters. The van der Waals surface area contributed by atoms with Crippen molar-refractivity contribution in [2.45, 2.75) is 51.0 Å². The Bertz CT molecular complexity index is 214. The summed E-state index contributed by atoms with van der Waals surface area (Å²) in [6, 6.07) is -0.258. The van der Waals surface area contributed by atoms with Gasteiger partial charge in [-0.15, -0.1) is 12.4 Å². The molecular formula is C12H24ClNO3. The van der Waals surface area contributed by atoms with Crippen LogP contribution < -0.4 is 0 Å². The summed E-state index contributed by atoms with van der Waals surface area (Å²) in [5, 5.41) is 17.7. The lowest BCUT2D eigenvalue weighted by Gasteiger charge is -2.32. The first-order valence-electron chi connectivity index (χ1n) is 6.33. The minimum Gasteiger partial charge on any atom is -0.480 e. The van der Waals surface area contributed by atoms with E-state index in [4.69, 9.17) is 10.2 Å². The molecule has 1 fully saturated rings. The Morgan fingerprint density at radius 2 is 1.88 bits per heavy atom. The van der Waals surface area contributed by atoms with Crippen LogP contribution >= 0.6 is 12.4 Å². The smallest absolute Gasteiger partial charge is 0.320 e. The maximum absolute atomic E-state index is 11.0. The number of aliphatic hydroxyl groups is 1. The van der Waals surface area contributed by atoms with E-state index in [1.54, 1.807) is 0 Å². The molecule has 1 aliphatic heterocycles. The minimum atomic E-state index is -0.671. The van der Waals surface area contributed by atoms with Crippen molar-refractivity contribution in [3.8, 4) is 0 Å². The summed E-state index contributed by atoms with van der Waals surface area (Å²) < 4.78 is 0. The summed E-state index contributed by atoms with van der Waals surface area (Å²) in [5.41, 5.74) is 0. The third-order valence-corrected chi connectivity index (χ3v) is 3.25. The van der Waals surface area contributed by atoms with Gasteiger partial charge in [0.1, 0.15) is 6.04 Å². The lowest BCUT2D eigenvalue weighted by molar-refractivity contribution is -0.144. The van der Waals surface area contributed by atoms with Crippen molar-refractivity contribution in [3.63, 3.8) is 0 Å². The maximum Gasteiger partial charge on any atom is 0.320 e. The molecule has 0 bridgehead atoms. The fraction of sp³-hybridized carbons (Fsp3) is 0.917. The van der Waals surface area contributed by atoms with E-state index in [-0.39, 0.29) is 25.1 Å². The number of rotatable bonds is 7. The predicted octanol–water partition coefficient (Wildman–Crippen LogP) is 1.90. The van der Waals surface area contributed by atoms with Crippen LogP contribution in [0.4, 0.5) is 0 Å². The molecule has 0 aromatic heterocycles. The Morgan fingerprint density at radius 3 is 2.53 bits per heavy atom. The molecule has 1 rings (SSSR count). The molecule has 102 valence electrons. The molecule has 0 spiro atoms. The van der Waals surface area contributed by atoms with Gasteiger partial charge >= 0.3 is 5.97 Å². The zero-order chi connectivity index (χ0) is 11.8. The van der Waals surface area contributed by atoms with Crippen molar-refractivity contribution in [2.75, 3.05) is 19.7 Å². The van der Waals surface area contributed by atoms with Crippen LogP contribution in [0.2, 0.25) is 0 Å². The van der Waals surface area contributed by atoms with Gasteiger partial charge in [0.25, 0.3) is 0 Å². The molecule has 0 aromatic carbocycles. The van der Waals surface area contributed by atoms with Crippen LogP contribution in [0.5, 0.6) is 0 Å². The van der Waals surface area contributed by atoms with E-state index < -0.39 is 5.97 Å². The molecule has 1 aliphatic rings. The summed E-state index contributed by atoms with van der Waals surface area (Å²) in [6.07, 6.45) is 7.00. The zero-order valence-electron chi connectivity index (χ0n) is 10.3. The number of aliphatic carboxylic acids is 1. The number of nitrogens with zero attached hydrogens (tertiary/aromatic N) is 1. The lowest BCUT2D eigenvalue weighted by atomic mass is 10.0. The average Bonchev–Trinajstić information content (AvgIpc) is 2.29. The van der Waals surface area contributed by atoms with Crippen molar-refractivity contribution in [2.24, 2.45) is 0 Å².